The third kappa shape index (κ3) is 3.51. The molecule has 0 atom stereocenters. The van der Waals surface area contributed by atoms with Crippen LogP contribution >= 0.6 is 0 Å². The van der Waals surface area contributed by atoms with Gasteiger partial charge in [0.25, 0.3) is 0 Å². The molecule has 0 saturated heterocycles. The quantitative estimate of drug-likeness (QED) is 0.805. The molecule has 92 valence electrons. The van der Waals surface area contributed by atoms with Gasteiger partial charge in [-0.3, -0.25) is 9.59 Å². The standard InChI is InChI=1S/C11H10F2O4/c1-6-2-8(5-14)7(4-10(15)16)3-9(6)17-11(12)13/h2-3,5,11H,4H2,1H3,(H,15,16). The Bertz CT molecular complexity index is 443. The van der Waals surface area contributed by atoms with Gasteiger partial charge in [-0.2, -0.15) is 8.78 Å². The fraction of sp³-hybridized carbons (Fsp3) is 0.273. The number of carbonyl (C=O) groups is 2. The predicted molar refractivity (Wildman–Crippen MR) is 54.5 cm³/mol. The summed E-state index contributed by atoms with van der Waals surface area (Å²) in [5, 5.41) is 8.62. The van der Waals surface area contributed by atoms with Gasteiger partial charge in [0.05, 0.1) is 6.42 Å². The number of benzene rings is 1. The van der Waals surface area contributed by atoms with E-state index in [0.29, 0.717) is 11.8 Å². The second kappa shape index (κ2) is 5.38. The van der Waals surface area contributed by atoms with Gasteiger partial charge >= 0.3 is 12.6 Å². The van der Waals surface area contributed by atoms with Crippen LogP contribution in [0.4, 0.5) is 8.78 Å². The van der Waals surface area contributed by atoms with E-state index in [-0.39, 0.29) is 16.9 Å². The summed E-state index contributed by atoms with van der Waals surface area (Å²) in [6.07, 6.45) is 0.0609. The Labute approximate surface area is 95.8 Å². The minimum absolute atomic E-state index is 0.123. The summed E-state index contributed by atoms with van der Waals surface area (Å²) in [5.74, 6) is -1.28. The molecule has 0 fully saturated rings. The van der Waals surface area contributed by atoms with Crippen LogP contribution in [0.5, 0.6) is 5.75 Å². The first-order valence-electron chi connectivity index (χ1n) is 4.69. The van der Waals surface area contributed by atoms with Crippen molar-refractivity contribution in [1.82, 2.24) is 0 Å². The summed E-state index contributed by atoms with van der Waals surface area (Å²) in [7, 11) is 0. The molecule has 0 bridgehead atoms. The molecule has 0 heterocycles. The van der Waals surface area contributed by atoms with Crippen LogP contribution in [0.25, 0.3) is 0 Å². The molecular formula is C11H10F2O4. The van der Waals surface area contributed by atoms with E-state index in [2.05, 4.69) is 4.74 Å². The van der Waals surface area contributed by atoms with Crippen molar-refractivity contribution in [1.29, 1.82) is 0 Å². The highest BCUT2D eigenvalue weighted by Gasteiger charge is 2.13. The van der Waals surface area contributed by atoms with Gasteiger partial charge in [-0.15, -0.1) is 0 Å². The van der Waals surface area contributed by atoms with Crippen LogP contribution in [-0.4, -0.2) is 24.0 Å². The molecule has 6 heteroatoms. The maximum atomic E-state index is 12.1. The topological polar surface area (TPSA) is 63.6 Å². The molecule has 1 aromatic carbocycles. The van der Waals surface area contributed by atoms with Crippen LogP contribution in [0.3, 0.4) is 0 Å². The third-order valence-electron chi connectivity index (χ3n) is 2.12. The fourth-order valence-electron chi connectivity index (χ4n) is 1.40. The summed E-state index contributed by atoms with van der Waals surface area (Å²) >= 11 is 0. The average Bonchev–Trinajstić information content (AvgIpc) is 2.21. The lowest BCUT2D eigenvalue weighted by atomic mass is 10.0. The number of carbonyl (C=O) groups excluding carboxylic acids is 1. The molecule has 0 unspecified atom stereocenters. The Kier molecular flexibility index (Phi) is 4.14. The van der Waals surface area contributed by atoms with Crippen LogP contribution < -0.4 is 4.74 Å². The highest BCUT2D eigenvalue weighted by molar-refractivity contribution is 5.82. The van der Waals surface area contributed by atoms with Crippen molar-refractivity contribution in [2.75, 3.05) is 0 Å². The Hall–Kier alpha value is -1.98. The zero-order valence-electron chi connectivity index (χ0n) is 8.94. The molecule has 0 amide bonds. The fourth-order valence-corrected chi connectivity index (χ4v) is 1.40. The molecule has 0 saturated carbocycles. The molecule has 0 aliphatic heterocycles. The number of rotatable bonds is 5. The molecule has 1 rings (SSSR count). The van der Waals surface area contributed by atoms with E-state index in [1.54, 1.807) is 0 Å². The maximum absolute atomic E-state index is 12.1. The van der Waals surface area contributed by atoms with Crippen LogP contribution in [0.15, 0.2) is 12.1 Å². The SMILES string of the molecule is Cc1cc(C=O)c(CC(=O)O)cc1OC(F)F. The number of alkyl halides is 2. The van der Waals surface area contributed by atoms with Gasteiger partial charge in [-0.1, -0.05) is 0 Å². The molecule has 0 aliphatic rings. The van der Waals surface area contributed by atoms with Crippen molar-refractivity contribution in [3.8, 4) is 5.75 Å². The number of carboxylic acid groups (broad SMARTS) is 1. The van der Waals surface area contributed by atoms with Gasteiger partial charge in [0.2, 0.25) is 0 Å². The molecule has 0 radical (unpaired) electrons. The molecule has 0 spiro atoms. The lowest BCUT2D eigenvalue weighted by Gasteiger charge is -2.11. The maximum Gasteiger partial charge on any atom is 0.387 e. The molecule has 1 aromatic rings. The Morgan fingerprint density at radius 1 is 1.53 bits per heavy atom. The van der Waals surface area contributed by atoms with Gasteiger partial charge in [-0.25, -0.2) is 0 Å². The molecule has 1 N–H and O–H groups in total. The van der Waals surface area contributed by atoms with Crippen molar-refractivity contribution in [3.05, 3.63) is 28.8 Å². The first-order chi connectivity index (χ1) is 7.93. The van der Waals surface area contributed by atoms with Crippen LogP contribution in [0, 0.1) is 6.92 Å². The van der Waals surface area contributed by atoms with Crippen molar-refractivity contribution in [2.45, 2.75) is 20.0 Å². The van der Waals surface area contributed by atoms with Crippen LogP contribution in [0.1, 0.15) is 21.5 Å². The molecule has 4 nitrogen and oxygen atoms in total. The van der Waals surface area contributed by atoms with Gasteiger partial charge in [-0.05, 0) is 30.2 Å². The summed E-state index contributed by atoms with van der Waals surface area (Å²) in [6, 6.07) is 2.47. The van der Waals surface area contributed by atoms with Gasteiger partial charge in [0.1, 0.15) is 12.0 Å². The van der Waals surface area contributed by atoms with Crippen molar-refractivity contribution in [2.24, 2.45) is 0 Å². The van der Waals surface area contributed by atoms with E-state index >= 15 is 0 Å². The first kappa shape index (κ1) is 13.1. The van der Waals surface area contributed by atoms with Crippen molar-refractivity contribution < 1.29 is 28.2 Å². The van der Waals surface area contributed by atoms with E-state index in [1.807, 2.05) is 0 Å². The number of hydrogen-bond acceptors (Lipinski definition) is 3. The zero-order chi connectivity index (χ0) is 13.0. The minimum atomic E-state index is -2.99. The molecule has 17 heavy (non-hydrogen) atoms. The highest BCUT2D eigenvalue weighted by Crippen LogP contribution is 2.24. The number of hydrogen-bond donors (Lipinski definition) is 1. The highest BCUT2D eigenvalue weighted by atomic mass is 19.3. The number of aldehydes is 1. The Morgan fingerprint density at radius 3 is 2.65 bits per heavy atom. The molecule has 0 aliphatic carbocycles. The van der Waals surface area contributed by atoms with E-state index in [1.165, 1.54) is 13.0 Å². The number of aliphatic carboxylic acids is 1. The third-order valence-corrected chi connectivity index (χ3v) is 2.12. The van der Waals surface area contributed by atoms with Crippen LogP contribution in [-0.2, 0) is 11.2 Å². The van der Waals surface area contributed by atoms with E-state index in [9.17, 15) is 18.4 Å². The summed E-state index contributed by atoms with van der Waals surface area (Å²) < 4.78 is 28.4. The van der Waals surface area contributed by atoms with Gasteiger partial charge < -0.3 is 9.84 Å². The minimum Gasteiger partial charge on any atom is -0.481 e. The van der Waals surface area contributed by atoms with Gasteiger partial charge in [0.15, 0.2) is 0 Å². The summed E-state index contributed by atoms with van der Waals surface area (Å²) in [5.41, 5.74) is 0.654. The Balaban J connectivity index is 3.17. The number of halogens is 2. The lowest BCUT2D eigenvalue weighted by Crippen LogP contribution is -2.08. The summed E-state index contributed by atoms with van der Waals surface area (Å²) in [6.45, 7) is -1.50. The average molecular weight is 244 g/mol. The van der Waals surface area contributed by atoms with Crippen LogP contribution in [0.2, 0.25) is 0 Å². The zero-order valence-corrected chi connectivity index (χ0v) is 8.94. The second-order valence-corrected chi connectivity index (χ2v) is 3.38. The smallest absolute Gasteiger partial charge is 0.387 e. The predicted octanol–water partition coefficient (Wildman–Crippen LogP) is 2.04. The van der Waals surface area contributed by atoms with Crippen molar-refractivity contribution in [3.63, 3.8) is 0 Å². The Morgan fingerprint density at radius 2 is 2.18 bits per heavy atom. The van der Waals surface area contributed by atoms with E-state index in [4.69, 9.17) is 5.11 Å². The molecule has 0 aromatic heterocycles. The van der Waals surface area contributed by atoms with Crippen molar-refractivity contribution >= 4 is 12.3 Å². The first-order valence-corrected chi connectivity index (χ1v) is 4.69. The second-order valence-electron chi connectivity index (χ2n) is 3.38. The lowest BCUT2D eigenvalue weighted by molar-refractivity contribution is -0.136. The summed E-state index contributed by atoms with van der Waals surface area (Å²) in [4.78, 5) is 21.3. The van der Waals surface area contributed by atoms with E-state index < -0.39 is 19.0 Å². The van der Waals surface area contributed by atoms with E-state index in [0.717, 1.165) is 6.07 Å². The monoisotopic (exact) mass is 244 g/mol. The normalized spacial score (nSPS) is 10.4. The number of carboxylic acids is 1. The van der Waals surface area contributed by atoms with Gasteiger partial charge in [0, 0.05) is 5.56 Å². The number of aryl methyl sites for hydroxylation is 1. The molecular weight excluding hydrogens is 234 g/mol. The largest absolute Gasteiger partial charge is 0.481 e. The number of ether oxygens (including phenoxy) is 1.